The number of nitrogens with zero attached hydrogens (tertiary/aromatic N) is 4. The fourth-order valence-corrected chi connectivity index (χ4v) is 3.22. The Hall–Kier alpha value is -1.68. The van der Waals surface area contributed by atoms with Crippen molar-refractivity contribution in [3.8, 4) is 0 Å². The molecule has 3 heterocycles. The van der Waals surface area contributed by atoms with Crippen LogP contribution < -0.4 is 0 Å². The summed E-state index contributed by atoms with van der Waals surface area (Å²) in [6, 6.07) is 6.34. The Balaban J connectivity index is 1.59. The van der Waals surface area contributed by atoms with Gasteiger partial charge in [-0.1, -0.05) is 6.07 Å². The maximum absolute atomic E-state index is 4.65. The van der Waals surface area contributed by atoms with Gasteiger partial charge in [-0.3, -0.25) is 9.88 Å². The van der Waals surface area contributed by atoms with Crippen molar-refractivity contribution in [1.29, 1.82) is 0 Å². The molecule has 0 radical (unpaired) electrons. The number of piperidine rings is 1. The second-order valence-electron chi connectivity index (χ2n) is 6.17. The third-order valence-electron chi connectivity index (χ3n) is 4.33. The van der Waals surface area contributed by atoms with E-state index in [0.717, 1.165) is 31.0 Å². The zero-order valence-electron chi connectivity index (χ0n) is 13.0. The van der Waals surface area contributed by atoms with Gasteiger partial charge < -0.3 is 4.57 Å². The van der Waals surface area contributed by atoms with Gasteiger partial charge in [0.2, 0.25) is 0 Å². The van der Waals surface area contributed by atoms with E-state index in [2.05, 4.69) is 51.6 Å². The minimum atomic E-state index is 0.716. The van der Waals surface area contributed by atoms with Crippen LogP contribution in [0.4, 0.5) is 0 Å². The van der Waals surface area contributed by atoms with Crippen molar-refractivity contribution in [2.45, 2.75) is 32.7 Å². The summed E-state index contributed by atoms with van der Waals surface area (Å²) >= 11 is 0. The standard InChI is InChI=1S/C17H24N4/c1-14-5-3-7-16(19-14)11-15-6-4-9-21(12-15)13-17-18-8-10-20(17)2/h3,5,7-8,10,15H,4,6,9,11-13H2,1-2H3. The largest absolute Gasteiger partial charge is 0.337 e. The van der Waals surface area contributed by atoms with Crippen LogP contribution in [0.3, 0.4) is 0 Å². The maximum Gasteiger partial charge on any atom is 0.122 e. The molecular weight excluding hydrogens is 260 g/mol. The maximum atomic E-state index is 4.65. The summed E-state index contributed by atoms with van der Waals surface area (Å²) in [6.45, 7) is 5.37. The van der Waals surface area contributed by atoms with Gasteiger partial charge >= 0.3 is 0 Å². The molecule has 1 saturated heterocycles. The second-order valence-corrected chi connectivity index (χ2v) is 6.17. The van der Waals surface area contributed by atoms with Gasteiger partial charge in [0.1, 0.15) is 5.82 Å². The number of likely N-dealkylation sites (tertiary alicyclic amines) is 1. The molecular formula is C17H24N4. The molecule has 4 heteroatoms. The van der Waals surface area contributed by atoms with Crippen LogP contribution in [0.15, 0.2) is 30.6 Å². The molecule has 0 aliphatic carbocycles. The Labute approximate surface area is 126 Å². The minimum absolute atomic E-state index is 0.716. The van der Waals surface area contributed by atoms with Crippen LogP contribution in [0.25, 0.3) is 0 Å². The number of aryl methyl sites for hydroxylation is 2. The summed E-state index contributed by atoms with van der Waals surface area (Å²) < 4.78 is 2.12. The van der Waals surface area contributed by atoms with Crippen molar-refractivity contribution < 1.29 is 0 Å². The van der Waals surface area contributed by atoms with Crippen LogP contribution in [0.1, 0.15) is 30.1 Å². The first kappa shape index (κ1) is 14.3. The summed E-state index contributed by atoms with van der Waals surface area (Å²) in [4.78, 5) is 11.6. The predicted molar refractivity (Wildman–Crippen MR) is 83.9 cm³/mol. The topological polar surface area (TPSA) is 34.0 Å². The summed E-state index contributed by atoms with van der Waals surface area (Å²) in [5.41, 5.74) is 2.35. The Morgan fingerprint density at radius 2 is 2.24 bits per heavy atom. The van der Waals surface area contributed by atoms with Gasteiger partial charge in [0.05, 0.1) is 6.54 Å². The average molecular weight is 284 g/mol. The van der Waals surface area contributed by atoms with Crippen molar-refractivity contribution in [1.82, 2.24) is 19.4 Å². The molecule has 3 rings (SSSR count). The van der Waals surface area contributed by atoms with Gasteiger partial charge in [0.25, 0.3) is 0 Å². The molecule has 2 aromatic heterocycles. The lowest BCUT2D eigenvalue weighted by molar-refractivity contribution is 0.161. The smallest absolute Gasteiger partial charge is 0.122 e. The first-order chi connectivity index (χ1) is 10.2. The molecule has 0 N–H and O–H groups in total. The number of aromatic nitrogens is 3. The van der Waals surface area contributed by atoms with Gasteiger partial charge in [-0.25, -0.2) is 4.98 Å². The van der Waals surface area contributed by atoms with Gasteiger partial charge in [-0.05, 0) is 50.8 Å². The zero-order chi connectivity index (χ0) is 14.7. The molecule has 0 spiro atoms. The number of pyridine rings is 1. The molecule has 1 aliphatic heterocycles. The molecule has 112 valence electrons. The van der Waals surface area contributed by atoms with E-state index >= 15 is 0 Å². The normalized spacial score (nSPS) is 19.8. The molecule has 0 bridgehead atoms. The van der Waals surface area contributed by atoms with Crippen LogP contribution in [-0.4, -0.2) is 32.5 Å². The Morgan fingerprint density at radius 3 is 3.00 bits per heavy atom. The highest BCUT2D eigenvalue weighted by Gasteiger charge is 2.21. The Bertz CT molecular complexity index is 590. The fraction of sp³-hybridized carbons (Fsp3) is 0.529. The van der Waals surface area contributed by atoms with E-state index in [0.29, 0.717) is 5.92 Å². The van der Waals surface area contributed by atoms with Crippen LogP contribution >= 0.6 is 0 Å². The molecule has 1 atom stereocenters. The lowest BCUT2D eigenvalue weighted by Gasteiger charge is -2.32. The summed E-state index contributed by atoms with van der Waals surface area (Å²) in [7, 11) is 2.07. The molecule has 1 aliphatic rings. The SMILES string of the molecule is Cc1cccc(CC2CCCN(Cc3nccn3C)C2)n1. The molecule has 1 fully saturated rings. The summed E-state index contributed by atoms with van der Waals surface area (Å²) in [5.74, 6) is 1.87. The molecule has 1 unspecified atom stereocenters. The first-order valence-electron chi connectivity index (χ1n) is 7.82. The highest BCUT2D eigenvalue weighted by molar-refractivity contribution is 5.10. The van der Waals surface area contributed by atoms with E-state index in [9.17, 15) is 0 Å². The molecule has 0 aromatic carbocycles. The molecule has 2 aromatic rings. The highest BCUT2D eigenvalue weighted by Crippen LogP contribution is 2.21. The number of imidazole rings is 1. The molecule has 21 heavy (non-hydrogen) atoms. The van der Waals surface area contributed by atoms with E-state index in [1.807, 2.05) is 12.4 Å². The molecule has 0 saturated carbocycles. The highest BCUT2D eigenvalue weighted by atomic mass is 15.2. The number of hydrogen-bond acceptors (Lipinski definition) is 3. The summed E-state index contributed by atoms with van der Waals surface area (Å²) in [6.07, 6.45) is 7.59. The van der Waals surface area contributed by atoms with Crippen molar-refractivity contribution in [3.63, 3.8) is 0 Å². The quantitative estimate of drug-likeness (QED) is 0.865. The lowest BCUT2D eigenvalue weighted by Crippen LogP contribution is -2.36. The zero-order valence-corrected chi connectivity index (χ0v) is 13.0. The van der Waals surface area contributed by atoms with Crippen molar-refractivity contribution in [2.75, 3.05) is 13.1 Å². The number of rotatable bonds is 4. The van der Waals surface area contributed by atoms with E-state index < -0.39 is 0 Å². The van der Waals surface area contributed by atoms with Crippen molar-refractivity contribution in [3.05, 3.63) is 47.8 Å². The van der Waals surface area contributed by atoms with Crippen LogP contribution in [0.5, 0.6) is 0 Å². The van der Waals surface area contributed by atoms with Crippen molar-refractivity contribution >= 4 is 0 Å². The van der Waals surface area contributed by atoms with E-state index in [4.69, 9.17) is 0 Å². The van der Waals surface area contributed by atoms with Crippen molar-refractivity contribution in [2.24, 2.45) is 13.0 Å². The fourth-order valence-electron chi connectivity index (χ4n) is 3.22. The van der Waals surface area contributed by atoms with Crippen LogP contribution in [0, 0.1) is 12.8 Å². The molecule has 4 nitrogen and oxygen atoms in total. The van der Waals surface area contributed by atoms with E-state index in [-0.39, 0.29) is 0 Å². The third kappa shape index (κ3) is 3.70. The summed E-state index contributed by atoms with van der Waals surface area (Å²) in [5, 5.41) is 0. The van der Waals surface area contributed by atoms with E-state index in [1.165, 1.54) is 25.1 Å². The Kier molecular flexibility index (Phi) is 4.34. The lowest BCUT2D eigenvalue weighted by atomic mass is 9.93. The second kappa shape index (κ2) is 6.39. The third-order valence-corrected chi connectivity index (χ3v) is 4.33. The van der Waals surface area contributed by atoms with Gasteiger partial charge in [-0.2, -0.15) is 0 Å². The minimum Gasteiger partial charge on any atom is -0.337 e. The van der Waals surface area contributed by atoms with Crippen LogP contribution in [-0.2, 0) is 20.0 Å². The van der Waals surface area contributed by atoms with Gasteiger partial charge in [0, 0.05) is 37.4 Å². The number of hydrogen-bond donors (Lipinski definition) is 0. The van der Waals surface area contributed by atoms with Gasteiger partial charge in [0.15, 0.2) is 0 Å². The molecule has 0 amide bonds. The van der Waals surface area contributed by atoms with Gasteiger partial charge in [-0.15, -0.1) is 0 Å². The first-order valence-corrected chi connectivity index (χ1v) is 7.82. The monoisotopic (exact) mass is 284 g/mol. The Morgan fingerprint density at radius 1 is 1.33 bits per heavy atom. The predicted octanol–water partition coefficient (Wildman–Crippen LogP) is 2.58. The average Bonchev–Trinajstić information content (AvgIpc) is 2.85. The van der Waals surface area contributed by atoms with Crippen LogP contribution in [0.2, 0.25) is 0 Å². The van der Waals surface area contributed by atoms with E-state index in [1.54, 1.807) is 0 Å².